The van der Waals surface area contributed by atoms with Crippen LogP contribution in [-0.2, 0) is 41.6 Å². The molecule has 2 aliphatic heterocycles. The second-order valence-corrected chi connectivity index (χ2v) is 15.0. The highest BCUT2D eigenvalue weighted by atomic mass is 19.4. The maximum Gasteiger partial charge on any atom is 0.416 e. The number of halogens is 9. The zero-order valence-corrected chi connectivity index (χ0v) is 30.6. The molecule has 2 fully saturated rings. The monoisotopic (exact) mass is 796 g/mol. The molecule has 1 aromatic heterocycles. The van der Waals surface area contributed by atoms with Gasteiger partial charge in [0.05, 0.1) is 29.8 Å². The lowest BCUT2D eigenvalue weighted by Crippen LogP contribution is -2.37. The molecule has 0 radical (unpaired) electrons. The number of benzene rings is 3. The third-order valence-electron chi connectivity index (χ3n) is 11.0. The number of hydrogen-bond acceptors (Lipinski definition) is 7. The molecular weight excluding hydrogens is 755 g/mol. The number of anilines is 2. The summed E-state index contributed by atoms with van der Waals surface area (Å²) < 4.78 is 138. The fourth-order valence-corrected chi connectivity index (χ4v) is 8.24. The summed E-state index contributed by atoms with van der Waals surface area (Å²) in [7, 11) is 1.45. The zero-order valence-electron chi connectivity index (χ0n) is 30.6. The van der Waals surface area contributed by atoms with Gasteiger partial charge in [0.15, 0.2) is 12.6 Å². The predicted octanol–water partition coefficient (Wildman–Crippen LogP) is 10.2. The molecule has 8 nitrogen and oxygen atoms in total. The summed E-state index contributed by atoms with van der Waals surface area (Å²) in [5.74, 6) is 0.457. The first-order valence-electron chi connectivity index (χ1n) is 18.5. The van der Waals surface area contributed by atoms with E-state index >= 15 is 0 Å². The molecule has 1 saturated carbocycles. The maximum atomic E-state index is 14.4. The number of tetrazole rings is 1. The maximum absolute atomic E-state index is 14.4. The average molecular weight is 797 g/mol. The first-order valence-corrected chi connectivity index (χ1v) is 18.5. The fourth-order valence-electron chi connectivity index (χ4n) is 8.24. The largest absolute Gasteiger partial charge is 0.416 e. The topological polar surface area (TPSA) is 68.5 Å². The molecular formula is C39H41F9N6O2. The number of fused-ring (bicyclic) bond motifs is 1. The smallest absolute Gasteiger partial charge is 0.371 e. The third kappa shape index (κ3) is 8.93. The summed E-state index contributed by atoms with van der Waals surface area (Å²) >= 11 is 0. The van der Waals surface area contributed by atoms with Crippen LogP contribution in [0, 0.1) is 18.8 Å². The van der Waals surface area contributed by atoms with Gasteiger partial charge in [-0.2, -0.15) is 44.3 Å². The van der Waals surface area contributed by atoms with Gasteiger partial charge >= 0.3 is 18.5 Å². The van der Waals surface area contributed by atoms with E-state index in [0.29, 0.717) is 55.2 Å². The molecule has 0 spiro atoms. The summed E-state index contributed by atoms with van der Waals surface area (Å²) in [6.45, 7) is 1.69. The first kappa shape index (κ1) is 39.8. The molecule has 7 rings (SSSR count). The number of nitrogens with zero attached hydrogens (tertiary/aromatic N) is 6. The van der Waals surface area contributed by atoms with E-state index in [1.54, 1.807) is 0 Å². The summed E-state index contributed by atoms with van der Waals surface area (Å²) in [6.07, 6.45) is -10.5. The van der Waals surface area contributed by atoms with Crippen molar-refractivity contribution in [2.75, 3.05) is 22.9 Å². The Bertz CT molecular complexity index is 1940. The SMILES string of the molecule is Cc1cc2c(cc1C(F)(F)F)N(CC1CCC(CC3OC(c4ccccc4)O3)CC1)CCC[C@@H]2N(Cc1cc(C(F)(F)F)cc(C(F)(F)F)c1)c1nnn(C)n1. The Morgan fingerprint density at radius 1 is 0.786 bits per heavy atom. The van der Waals surface area contributed by atoms with E-state index in [-0.39, 0.29) is 41.6 Å². The second-order valence-electron chi connectivity index (χ2n) is 15.0. The minimum absolute atomic E-state index is 0.0545. The van der Waals surface area contributed by atoms with Gasteiger partial charge in [-0.25, -0.2) is 0 Å². The average Bonchev–Trinajstić information content (AvgIpc) is 3.47. The molecule has 1 atom stereocenters. The molecule has 1 saturated heterocycles. The first-order chi connectivity index (χ1) is 26.4. The number of hydrogen-bond donors (Lipinski definition) is 0. The number of ether oxygens (including phenoxy) is 2. The van der Waals surface area contributed by atoms with Crippen LogP contribution in [0.4, 0.5) is 51.1 Å². The molecule has 3 heterocycles. The Morgan fingerprint density at radius 3 is 2.02 bits per heavy atom. The Labute approximate surface area is 317 Å². The zero-order chi connectivity index (χ0) is 40.0. The normalized spacial score (nSPS) is 23.3. The number of alkyl halides is 9. The van der Waals surface area contributed by atoms with Gasteiger partial charge in [0, 0.05) is 37.3 Å². The Hall–Kier alpha value is -4.38. The van der Waals surface area contributed by atoms with Gasteiger partial charge in [-0.1, -0.05) is 41.5 Å². The van der Waals surface area contributed by atoms with Crippen LogP contribution in [0.2, 0.25) is 0 Å². The van der Waals surface area contributed by atoms with Crippen LogP contribution in [0.25, 0.3) is 0 Å². The molecule has 0 amide bonds. The lowest BCUT2D eigenvalue weighted by atomic mass is 9.80. The quantitative estimate of drug-likeness (QED) is 0.156. The van der Waals surface area contributed by atoms with Crippen molar-refractivity contribution < 1.29 is 49.0 Å². The highest BCUT2D eigenvalue weighted by Crippen LogP contribution is 2.46. The van der Waals surface area contributed by atoms with Crippen molar-refractivity contribution in [3.8, 4) is 0 Å². The minimum Gasteiger partial charge on any atom is -0.371 e. The Balaban J connectivity index is 1.15. The van der Waals surface area contributed by atoms with Gasteiger partial charge in [-0.15, -0.1) is 5.10 Å². The molecule has 4 aromatic rings. The highest BCUT2D eigenvalue weighted by Gasteiger charge is 2.40. The molecule has 302 valence electrons. The van der Waals surface area contributed by atoms with Crippen LogP contribution in [-0.4, -0.2) is 39.6 Å². The van der Waals surface area contributed by atoms with Crippen LogP contribution < -0.4 is 9.80 Å². The van der Waals surface area contributed by atoms with Gasteiger partial charge in [0.1, 0.15) is 0 Å². The van der Waals surface area contributed by atoms with E-state index in [1.807, 2.05) is 35.2 Å². The molecule has 1 aliphatic carbocycles. The lowest BCUT2D eigenvalue weighted by Gasteiger charge is -2.40. The van der Waals surface area contributed by atoms with Crippen LogP contribution in [0.1, 0.15) is 96.2 Å². The van der Waals surface area contributed by atoms with E-state index in [2.05, 4.69) is 15.4 Å². The summed E-state index contributed by atoms with van der Waals surface area (Å²) in [5.41, 5.74) is -2.46. The lowest BCUT2D eigenvalue weighted by molar-refractivity contribution is -0.394. The number of rotatable bonds is 9. The van der Waals surface area contributed by atoms with Crippen LogP contribution in [0.15, 0.2) is 60.7 Å². The van der Waals surface area contributed by atoms with Crippen LogP contribution in [0.5, 0.6) is 0 Å². The van der Waals surface area contributed by atoms with E-state index < -0.39 is 47.8 Å². The second kappa shape index (κ2) is 15.5. The fraction of sp³-hybridized carbons (Fsp3) is 0.513. The van der Waals surface area contributed by atoms with Gasteiger partial charge < -0.3 is 19.3 Å². The molecule has 0 unspecified atom stereocenters. The van der Waals surface area contributed by atoms with Crippen molar-refractivity contribution in [1.29, 1.82) is 0 Å². The summed E-state index contributed by atoms with van der Waals surface area (Å²) in [4.78, 5) is 4.49. The van der Waals surface area contributed by atoms with Crippen molar-refractivity contribution in [3.05, 3.63) is 99.6 Å². The predicted molar refractivity (Wildman–Crippen MR) is 187 cm³/mol. The van der Waals surface area contributed by atoms with Gasteiger partial charge in [0.25, 0.3) is 5.95 Å². The summed E-state index contributed by atoms with van der Waals surface area (Å²) in [6, 6.07) is 12.7. The number of aryl methyl sites for hydroxylation is 2. The van der Waals surface area contributed by atoms with Gasteiger partial charge in [-0.05, 0) is 103 Å². The van der Waals surface area contributed by atoms with Crippen molar-refractivity contribution in [2.24, 2.45) is 18.9 Å². The standard InChI is InChI=1S/C39H41F9N6O2/c1-23-15-30-32(54(36-49-51-52(2)50-36)22-26-16-28(37(40,41)42)19-29(17-26)38(43,44)45)9-6-14-53(33(30)20-31(23)39(46,47)48)21-25-12-10-24(11-13-25)18-34-55-35(56-34)27-7-4-3-5-8-27/h3-5,7-8,15-17,19-20,24-25,32,34-35H,6,9-14,18,21-22H2,1-2H3/t24?,25?,32-,34?,35?/m0/s1. The van der Waals surface area contributed by atoms with Crippen molar-refractivity contribution in [2.45, 2.75) is 95.6 Å². The molecule has 17 heteroatoms. The van der Waals surface area contributed by atoms with Gasteiger partial charge in [0.2, 0.25) is 0 Å². The van der Waals surface area contributed by atoms with Crippen molar-refractivity contribution >= 4 is 11.6 Å². The third-order valence-corrected chi connectivity index (χ3v) is 11.0. The van der Waals surface area contributed by atoms with Crippen LogP contribution in [0.3, 0.4) is 0 Å². The summed E-state index contributed by atoms with van der Waals surface area (Å²) in [5, 5.41) is 12.1. The minimum atomic E-state index is -5.07. The van der Waals surface area contributed by atoms with Crippen LogP contribution >= 0.6 is 0 Å². The van der Waals surface area contributed by atoms with E-state index in [9.17, 15) is 39.5 Å². The molecule has 56 heavy (non-hydrogen) atoms. The van der Waals surface area contributed by atoms with E-state index in [1.165, 1.54) is 24.9 Å². The molecule has 3 aromatic carbocycles. The Morgan fingerprint density at radius 2 is 1.43 bits per heavy atom. The van der Waals surface area contributed by atoms with Crippen molar-refractivity contribution in [3.63, 3.8) is 0 Å². The van der Waals surface area contributed by atoms with E-state index in [0.717, 1.165) is 48.5 Å². The van der Waals surface area contributed by atoms with Gasteiger partial charge in [-0.3, -0.25) is 0 Å². The molecule has 0 N–H and O–H groups in total. The number of aromatic nitrogens is 4. The highest BCUT2D eigenvalue weighted by molar-refractivity contribution is 5.62. The Kier molecular flexibility index (Phi) is 11.0. The molecule has 0 bridgehead atoms. The molecule has 3 aliphatic rings. The van der Waals surface area contributed by atoms with Crippen molar-refractivity contribution in [1.82, 2.24) is 20.2 Å². The van der Waals surface area contributed by atoms with E-state index in [4.69, 9.17) is 9.47 Å².